The molecule has 70 heavy (non-hydrogen) atoms. The number of para-hydroxylation sites is 3. The number of aromatic nitrogens is 1. The lowest BCUT2D eigenvalue weighted by Crippen LogP contribution is -2.74. The lowest BCUT2D eigenvalue weighted by Gasteiger charge is -2.34. The van der Waals surface area contributed by atoms with E-state index in [2.05, 4.69) is 276 Å². The number of rotatable bonds is 10. The van der Waals surface area contributed by atoms with Gasteiger partial charge in [0.2, 0.25) is 0 Å². The van der Waals surface area contributed by atoms with Crippen LogP contribution in [-0.2, 0) is 0 Å². The standard InChI is InChI=1S/C66H46N2OSi/c1-4-16-55(17-5-1)70(56-18-6-2-7-19-56,57-20-8-3-9-21-57)58-43-32-48(33-44-58)47-28-35-51(36-29-47)67(52-37-30-49(31-38-52)50-34-45-62-61-24-12-15-27-65(61)69-66(62)46-50)53-39-41-54(42-40-53)68-63-25-13-10-22-59(63)60-23-11-14-26-64(60)68/h1-46H. The number of hydrogen-bond donors (Lipinski definition) is 0. The van der Waals surface area contributed by atoms with Gasteiger partial charge in [0, 0.05) is 44.3 Å². The first kappa shape index (κ1) is 41.2. The zero-order chi connectivity index (χ0) is 46.4. The van der Waals surface area contributed by atoms with Gasteiger partial charge in [0.1, 0.15) is 11.2 Å². The molecule has 330 valence electrons. The number of anilines is 3. The van der Waals surface area contributed by atoms with Gasteiger partial charge in [-0.05, 0) is 122 Å². The van der Waals surface area contributed by atoms with Gasteiger partial charge in [0.05, 0.1) is 11.0 Å². The Bertz CT molecular complexity index is 3810. The molecule has 0 atom stereocenters. The second kappa shape index (κ2) is 17.3. The number of hydrogen-bond acceptors (Lipinski definition) is 2. The van der Waals surface area contributed by atoms with Crippen LogP contribution < -0.4 is 25.6 Å². The predicted octanol–water partition coefficient (Wildman–Crippen LogP) is 14.9. The van der Waals surface area contributed by atoms with Crippen LogP contribution in [0, 0.1) is 0 Å². The van der Waals surface area contributed by atoms with Gasteiger partial charge in [-0.25, -0.2) is 0 Å². The predicted molar refractivity (Wildman–Crippen MR) is 297 cm³/mol. The monoisotopic (exact) mass is 910 g/mol. The van der Waals surface area contributed by atoms with E-state index in [1.54, 1.807) is 0 Å². The number of benzene rings is 11. The van der Waals surface area contributed by atoms with E-state index in [4.69, 9.17) is 4.42 Å². The van der Waals surface area contributed by atoms with Crippen molar-refractivity contribution in [1.29, 1.82) is 0 Å². The molecular formula is C66H46N2OSi. The minimum absolute atomic E-state index is 0.896. The molecule has 0 spiro atoms. The van der Waals surface area contributed by atoms with Crippen molar-refractivity contribution in [3.63, 3.8) is 0 Å². The number of furan rings is 1. The van der Waals surface area contributed by atoms with Crippen LogP contribution in [0.25, 0.3) is 71.7 Å². The third kappa shape index (κ3) is 6.96. The summed E-state index contributed by atoms with van der Waals surface area (Å²) in [5.74, 6) is 0. The van der Waals surface area contributed by atoms with Gasteiger partial charge < -0.3 is 13.9 Å². The first-order valence-corrected chi connectivity index (χ1v) is 26.0. The molecular weight excluding hydrogens is 865 g/mol. The van der Waals surface area contributed by atoms with Crippen LogP contribution in [0.2, 0.25) is 0 Å². The summed E-state index contributed by atoms with van der Waals surface area (Å²) < 4.78 is 8.66. The third-order valence-corrected chi connectivity index (χ3v) is 19.0. The van der Waals surface area contributed by atoms with E-state index in [9.17, 15) is 0 Å². The van der Waals surface area contributed by atoms with E-state index >= 15 is 0 Å². The van der Waals surface area contributed by atoms with Crippen molar-refractivity contribution in [2.45, 2.75) is 0 Å². The Morgan fingerprint density at radius 1 is 0.286 bits per heavy atom. The molecule has 0 amide bonds. The molecule has 0 N–H and O–H groups in total. The van der Waals surface area contributed by atoms with Crippen LogP contribution in [0.15, 0.2) is 283 Å². The molecule has 11 aromatic carbocycles. The molecule has 0 fully saturated rings. The molecule has 0 aliphatic rings. The van der Waals surface area contributed by atoms with Crippen LogP contribution in [0.5, 0.6) is 0 Å². The summed E-state index contributed by atoms with van der Waals surface area (Å²) in [5, 5.41) is 10.2. The minimum atomic E-state index is -2.63. The van der Waals surface area contributed by atoms with Crippen molar-refractivity contribution in [2.75, 3.05) is 4.90 Å². The summed E-state index contributed by atoms with van der Waals surface area (Å²) in [6, 6.07) is 102. The van der Waals surface area contributed by atoms with E-state index in [1.165, 1.54) is 53.7 Å². The van der Waals surface area contributed by atoms with Crippen LogP contribution in [-0.4, -0.2) is 12.6 Å². The first-order chi connectivity index (χ1) is 34.7. The highest BCUT2D eigenvalue weighted by Gasteiger charge is 2.41. The van der Waals surface area contributed by atoms with Crippen LogP contribution in [0.1, 0.15) is 0 Å². The van der Waals surface area contributed by atoms with E-state index in [1.807, 2.05) is 12.1 Å². The molecule has 0 aliphatic heterocycles. The molecule has 3 nitrogen and oxygen atoms in total. The van der Waals surface area contributed by atoms with Gasteiger partial charge in [-0.3, -0.25) is 0 Å². The van der Waals surface area contributed by atoms with E-state index in [0.717, 1.165) is 55.8 Å². The Morgan fingerprint density at radius 3 is 1.17 bits per heavy atom. The number of nitrogens with zero attached hydrogens (tertiary/aromatic N) is 2. The minimum Gasteiger partial charge on any atom is -0.456 e. The van der Waals surface area contributed by atoms with Crippen molar-refractivity contribution >= 4 is 89.6 Å². The van der Waals surface area contributed by atoms with Crippen molar-refractivity contribution in [3.05, 3.63) is 279 Å². The molecule has 0 radical (unpaired) electrons. The Balaban J connectivity index is 0.878. The molecule has 0 saturated carbocycles. The second-order valence-electron chi connectivity index (χ2n) is 18.0. The maximum Gasteiger partial charge on any atom is 0.179 e. The third-order valence-electron chi connectivity index (χ3n) is 14.2. The summed E-state index contributed by atoms with van der Waals surface area (Å²) in [5.41, 5.74) is 13.1. The first-order valence-electron chi connectivity index (χ1n) is 24.0. The van der Waals surface area contributed by atoms with Crippen molar-refractivity contribution in [3.8, 4) is 27.9 Å². The number of fused-ring (bicyclic) bond motifs is 6. The normalized spacial score (nSPS) is 11.7. The average Bonchev–Trinajstić information content (AvgIpc) is 3.98. The van der Waals surface area contributed by atoms with Gasteiger partial charge in [-0.1, -0.05) is 200 Å². The van der Waals surface area contributed by atoms with Gasteiger partial charge in [-0.15, -0.1) is 0 Å². The Hall–Kier alpha value is -8.96. The molecule has 2 heterocycles. The smallest absolute Gasteiger partial charge is 0.179 e. The van der Waals surface area contributed by atoms with Crippen molar-refractivity contribution in [1.82, 2.24) is 4.57 Å². The molecule has 13 rings (SSSR count). The fourth-order valence-electron chi connectivity index (χ4n) is 10.9. The molecule has 13 aromatic rings. The highest BCUT2D eigenvalue weighted by Crippen LogP contribution is 2.39. The summed E-state index contributed by atoms with van der Waals surface area (Å²) in [6.07, 6.45) is 0. The van der Waals surface area contributed by atoms with E-state index in [0.29, 0.717) is 0 Å². The van der Waals surface area contributed by atoms with E-state index < -0.39 is 8.07 Å². The Labute approximate surface area is 408 Å². The fraction of sp³-hybridized carbons (Fsp3) is 0. The molecule has 2 aromatic heterocycles. The van der Waals surface area contributed by atoms with Crippen LogP contribution >= 0.6 is 0 Å². The maximum absolute atomic E-state index is 6.28. The fourth-order valence-corrected chi connectivity index (χ4v) is 15.6. The lowest BCUT2D eigenvalue weighted by atomic mass is 10.0. The van der Waals surface area contributed by atoms with Gasteiger partial charge in [-0.2, -0.15) is 0 Å². The highest BCUT2D eigenvalue weighted by atomic mass is 28.3. The largest absolute Gasteiger partial charge is 0.456 e. The summed E-state index contributed by atoms with van der Waals surface area (Å²) in [7, 11) is -2.63. The lowest BCUT2D eigenvalue weighted by molar-refractivity contribution is 0.669. The van der Waals surface area contributed by atoms with Crippen LogP contribution in [0.3, 0.4) is 0 Å². The Morgan fingerprint density at radius 2 is 0.657 bits per heavy atom. The van der Waals surface area contributed by atoms with Gasteiger partial charge in [0.25, 0.3) is 0 Å². The topological polar surface area (TPSA) is 21.3 Å². The maximum atomic E-state index is 6.28. The zero-order valence-corrected chi connectivity index (χ0v) is 39.4. The van der Waals surface area contributed by atoms with Gasteiger partial charge >= 0.3 is 0 Å². The zero-order valence-electron chi connectivity index (χ0n) is 38.4. The molecule has 0 aliphatic carbocycles. The highest BCUT2D eigenvalue weighted by molar-refractivity contribution is 7.19. The van der Waals surface area contributed by atoms with Crippen LogP contribution in [0.4, 0.5) is 17.1 Å². The summed E-state index contributed by atoms with van der Waals surface area (Å²) in [6.45, 7) is 0. The van der Waals surface area contributed by atoms with Crippen molar-refractivity contribution < 1.29 is 4.42 Å². The molecule has 0 saturated heterocycles. The average molecular weight is 911 g/mol. The molecule has 0 unspecified atom stereocenters. The summed E-state index contributed by atoms with van der Waals surface area (Å²) in [4.78, 5) is 2.36. The summed E-state index contributed by atoms with van der Waals surface area (Å²) >= 11 is 0. The van der Waals surface area contributed by atoms with Gasteiger partial charge in [0.15, 0.2) is 8.07 Å². The quantitative estimate of drug-likeness (QED) is 0.101. The SMILES string of the molecule is c1ccc([Si](c2ccccc2)(c2ccccc2)c2ccc(-c3ccc(N(c4ccc(-c5ccc6c(c5)oc5ccccc56)cc4)c4ccc(-n5c6ccccc6c6ccccc65)cc4)cc3)cc2)cc1. The molecule has 0 bridgehead atoms. The van der Waals surface area contributed by atoms with Crippen molar-refractivity contribution in [2.24, 2.45) is 0 Å². The molecule has 4 heteroatoms. The second-order valence-corrected chi connectivity index (χ2v) is 21.9. The van der Waals surface area contributed by atoms with E-state index in [-0.39, 0.29) is 0 Å². The Kier molecular flexibility index (Phi) is 10.2.